The number of fused-ring (bicyclic) bond motifs is 1. The van der Waals surface area contributed by atoms with Gasteiger partial charge in [-0.25, -0.2) is 9.78 Å². The van der Waals surface area contributed by atoms with Crippen LogP contribution in [0.25, 0.3) is 10.2 Å². The molecular weight excluding hydrogens is 511 g/mol. The maximum atomic E-state index is 12.2. The molecule has 1 aliphatic heterocycles. The maximum absolute atomic E-state index is 12.2. The van der Waals surface area contributed by atoms with Crippen LogP contribution in [0.5, 0.6) is 0 Å². The molecule has 2 unspecified atom stereocenters. The van der Waals surface area contributed by atoms with E-state index in [2.05, 4.69) is 20.5 Å². The van der Waals surface area contributed by atoms with Gasteiger partial charge in [0, 0.05) is 31.2 Å². The largest absolute Gasteiger partial charge is 0.379 e. The van der Waals surface area contributed by atoms with Crippen LogP contribution in [-0.2, 0) is 19.7 Å². The van der Waals surface area contributed by atoms with Gasteiger partial charge in [-0.3, -0.25) is 14.8 Å². The lowest BCUT2D eigenvalue weighted by Crippen LogP contribution is -2.42. The SMILES string of the molecule is O=C(NCCN1CCOCC1)Nc1nc2ccc(C3(Cl)C=CC=C(Cl)C3S(=O)(=O)O)cc2s1. The third kappa shape index (κ3) is 5.51. The van der Waals surface area contributed by atoms with Gasteiger partial charge >= 0.3 is 6.03 Å². The number of aromatic nitrogens is 1. The van der Waals surface area contributed by atoms with Gasteiger partial charge in [0.2, 0.25) is 0 Å². The fourth-order valence-corrected chi connectivity index (χ4v) is 6.97. The molecule has 2 heterocycles. The van der Waals surface area contributed by atoms with Crippen molar-refractivity contribution in [2.24, 2.45) is 0 Å². The van der Waals surface area contributed by atoms with Crippen LogP contribution >= 0.6 is 34.5 Å². The highest BCUT2D eigenvalue weighted by molar-refractivity contribution is 7.86. The molecule has 9 nitrogen and oxygen atoms in total. The molecule has 1 fully saturated rings. The second-order valence-electron chi connectivity index (χ2n) is 7.61. The minimum atomic E-state index is -4.58. The Balaban J connectivity index is 1.46. The number of hydrogen-bond acceptors (Lipinski definition) is 7. The Hall–Kier alpha value is -1.73. The third-order valence-electron chi connectivity index (χ3n) is 5.39. The van der Waals surface area contributed by atoms with Gasteiger partial charge in [-0.05, 0) is 23.8 Å². The molecule has 2 aromatic rings. The minimum Gasteiger partial charge on any atom is -0.379 e. The fraction of sp³-hybridized carbons (Fsp3) is 0.400. The number of carbonyl (C=O) groups excluding carboxylic acids is 1. The molecule has 0 saturated carbocycles. The first-order valence-corrected chi connectivity index (χ1v) is 13.2. The molecule has 4 rings (SSSR count). The number of alkyl halides is 1. The van der Waals surface area contributed by atoms with Gasteiger partial charge in [-0.15, -0.1) is 11.6 Å². The number of amides is 2. The summed E-state index contributed by atoms with van der Waals surface area (Å²) in [6.45, 7) is 4.32. The molecule has 1 aromatic heterocycles. The third-order valence-corrected chi connectivity index (χ3v) is 8.71. The molecule has 1 aromatic carbocycles. The van der Waals surface area contributed by atoms with E-state index in [1.807, 2.05) is 0 Å². The van der Waals surface area contributed by atoms with Crippen LogP contribution in [0.1, 0.15) is 5.56 Å². The smallest absolute Gasteiger partial charge is 0.321 e. The van der Waals surface area contributed by atoms with Crippen LogP contribution in [0.15, 0.2) is 41.5 Å². The quantitative estimate of drug-likeness (QED) is 0.386. The van der Waals surface area contributed by atoms with E-state index >= 15 is 0 Å². The Labute approximate surface area is 205 Å². The Morgan fingerprint density at radius 2 is 2.12 bits per heavy atom. The van der Waals surface area contributed by atoms with E-state index in [0.717, 1.165) is 19.6 Å². The Bertz CT molecular complexity index is 1210. The normalized spacial score (nSPS) is 24.0. The molecule has 0 bridgehead atoms. The summed E-state index contributed by atoms with van der Waals surface area (Å²) in [6.07, 6.45) is 4.40. The van der Waals surface area contributed by atoms with Gasteiger partial charge in [0.15, 0.2) is 5.13 Å². The average Bonchev–Trinajstić information content (AvgIpc) is 3.14. The average molecular weight is 533 g/mol. The van der Waals surface area contributed by atoms with Crippen LogP contribution in [0.3, 0.4) is 0 Å². The molecule has 1 aliphatic carbocycles. The van der Waals surface area contributed by atoms with E-state index in [1.165, 1.54) is 23.5 Å². The lowest BCUT2D eigenvalue weighted by Gasteiger charge is -2.33. The zero-order chi connectivity index (χ0) is 23.6. The number of hydrogen-bond donors (Lipinski definition) is 3. The minimum absolute atomic E-state index is 0.0875. The van der Waals surface area contributed by atoms with Gasteiger partial charge in [-0.2, -0.15) is 8.42 Å². The van der Waals surface area contributed by atoms with Crippen LogP contribution in [0.4, 0.5) is 9.93 Å². The second kappa shape index (κ2) is 9.87. The van der Waals surface area contributed by atoms with Crippen LogP contribution in [0, 0.1) is 0 Å². The summed E-state index contributed by atoms with van der Waals surface area (Å²) in [7, 11) is -4.58. The van der Waals surface area contributed by atoms with Crippen molar-refractivity contribution in [3.8, 4) is 0 Å². The number of ether oxygens (including phenoxy) is 1. The zero-order valence-electron chi connectivity index (χ0n) is 17.3. The molecule has 33 heavy (non-hydrogen) atoms. The second-order valence-corrected chi connectivity index (χ2v) is 11.2. The number of nitrogens with one attached hydrogen (secondary N) is 2. The van der Waals surface area contributed by atoms with Crippen molar-refractivity contribution in [1.29, 1.82) is 0 Å². The van der Waals surface area contributed by atoms with Crippen molar-refractivity contribution in [2.75, 3.05) is 44.7 Å². The van der Waals surface area contributed by atoms with Crippen molar-refractivity contribution < 1.29 is 22.5 Å². The van der Waals surface area contributed by atoms with Gasteiger partial charge in [0.05, 0.1) is 23.4 Å². The van der Waals surface area contributed by atoms with Crippen molar-refractivity contribution in [3.63, 3.8) is 0 Å². The van der Waals surface area contributed by atoms with Crippen molar-refractivity contribution >= 4 is 66.0 Å². The number of rotatable bonds is 6. The summed E-state index contributed by atoms with van der Waals surface area (Å²) in [5, 5.41) is 4.28. The monoisotopic (exact) mass is 532 g/mol. The van der Waals surface area contributed by atoms with E-state index in [0.29, 0.717) is 40.7 Å². The molecule has 1 saturated heterocycles. The van der Waals surface area contributed by atoms with Crippen molar-refractivity contribution in [1.82, 2.24) is 15.2 Å². The molecular formula is C20H22Cl2N4O5S2. The summed E-state index contributed by atoms with van der Waals surface area (Å²) in [4.78, 5) is 17.3. The lowest BCUT2D eigenvalue weighted by atomic mass is 9.90. The van der Waals surface area contributed by atoms with Crippen LogP contribution in [0.2, 0.25) is 0 Å². The van der Waals surface area contributed by atoms with Gasteiger partial charge in [0.25, 0.3) is 10.1 Å². The van der Waals surface area contributed by atoms with Crippen molar-refractivity contribution in [3.05, 3.63) is 47.0 Å². The molecule has 3 N–H and O–H groups in total. The van der Waals surface area contributed by atoms with Gasteiger partial charge < -0.3 is 10.1 Å². The summed E-state index contributed by atoms with van der Waals surface area (Å²) in [5.41, 5.74) is 1.03. The van der Waals surface area contributed by atoms with E-state index in [1.54, 1.807) is 24.3 Å². The Kier molecular flexibility index (Phi) is 7.29. The van der Waals surface area contributed by atoms with Crippen molar-refractivity contribution in [2.45, 2.75) is 10.1 Å². The summed E-state index contributed by atoms with van der Waals surface area (Å²) >= 11 is 14.0. The van der Waals surface area contributed by atoms with Gasteiger partial charge in [-0.1, -0.05) is 41.2 Å². The van der Waals surface area contributed by atoms with E-state index < -0.39 is 20.2 Å². The van der Waals surface area contributed by atoms with E-state index in [9.17, 15) is 17.8 Å². The lowest BCUT2D eigenvalue weighted by molar-refractivity contribution is 0.0388. The number of benzene rings is 1. The summed E-state index contributed by atoms with van der Waals surface area (Å²) < 4.78 is 39.7. The molecule has 0 spiro atoms. The number of urea groups is 1. The molecule has 178 valence electrons. The number of thiazole rings is 1. The summed E-state index contributed by atoms with van der Waals surface area (Å²) in [6, 6.07) is 4.61. The molecule has 2 aliphatic rings. The number of carbonyl (C=O) groups is 1. The topological polar surface area (TPSA) is 121 Å². The highest BCUT2D eigenvalue weighted by Gasteiger charge is 2.47. The zero-order valence-corrected chi connectivity index (χ0v) is 20.5. The first-order chi connectivity index (χ1) is 15.7. The predicted molar refractivity (Wildman–Crippen MR) is 130 cm³/mol. The van der Waals surface area contributed by atoms with E-state index in [4.69, 9.17) is 27.9 Å². The first-order valence-electron chi connectivity index (χ1n) is 10.1. The maximum Gasteiger partial charge on any atom is 0.321 e. The summed E-state index contributed by atoms with van der Waals surface area (Å²) in [5.74, 6) is 0. The highest BCUT2D eigenvalue weighted by atomic mass is 35.5. The highest BCUT2D eigenvalue weighted by Crippen LogP contribution is 2.45. The molecule has 2 amide bonds. The van der Waals surface area contributed by atoms with Crippen LogP contribution in [-0.4, -0.2) is 73.5 Å². The number of halogens is 2. The molecule has 0 radical (unpaired) electrons. The first kappa shape index (κ1) is 24.4. The van der Waals surface area contributed by atoms with E-state index in [-0.39, 0.29) is 11.1 Å². The van der Waals surface area contributed by atoms with Gasteiger partial charge in [0.1, 0.15) is 10.1 Å². The standard InChI is InChI=1S/C20H22Cl2N4O5S2/c21-14-2-1-5-20(22,17(14)33(28,29)30)13-3-4-15-16(12-13)32-19(24-15)25-18(27)23-6-7-26-8-10-31-11-9-26/h1-5,12,17H,6-11H2,(H,28,29,30)(H2,23,24,25,27). The number of allylic oxidation sites excluding steroid dienone is 3. The fourth-order valence-electron chi connectivity index (χ4n) is 3.77. The van der Waals surface area contributed by atoms with Crippen LogP contribution < -0.4 is 10.6 Å². The Morgan fingerprint density at radius 3 is 2.85 bits per heavy atom. The number of anilines is 1. The molecule has 2 atom stereocenters. The predicted octanol–water partition coefficient (Wildman–Crippen LogP) is 3.13. The number of morpholine rings is 1. The molecule has 13 heteroatoms. The Morgan fingerprint density at radius 1 is 1.36 bits per heavy atom. The number of nitrogens with zero attached hydrogens (tertiary/aromatic N) is 2.